The Morgan fingerprint density at radius 1 is 1.18 bits per heavy atom. The van der Waals surface area contributed by atoms with Gasteiger partial charge in [0, 0.05) is 30.7 Å². The summed E-state index contributed by atoms with van der Waals surface area (Å²) in [5, 5.41) is 9.52. The van der Waals surface area contributed by atoms with E-state index in [0.29, 0.717) is 30.0 Å². The van der Waals surface area contributed by atoms with Crippen molar-refractivity contribution < 1.29 is 14.6 Å². The van der Waals surface area contributed by atoms with Crippen molar-refractivity contribution in [1.82, 2.24) is 0 Å². The molecular weight excluding hydrogens is 300 g/mol. The number of halogens is 1. The van der Waals surface area contributed by atoms with Crippen LogP contribution in [0, 0.1) is 0 Å². The number of ether oxygens (including phenoxy) is 1. The summed E-state index contributed by atoms with van der Waals surface area (Å²) >= 11 is 5.93. The minimum absolute atomic E-state index is 0.0273. The third kappa shape index (κ3) is 4.17. The Morgan fingerprint density at radius 2 is 1.91 bits per heavy atom. The van der Waals surface area contributed by atoms with Crippen LogP contribution in [0.15, 0.2) is 42.5 Å². The predicted octanol–water partition coefficient (Wildman–Crippen LogP) is 4.11. The summed E-state index contributed by atoms with van der Waals surface area (Å²) in [7, 11) is 1.63. The fourth-order valence-corrected chi connectivity index (χ4v) is 2.46. The molecule has 2 aromatic carbocycles. The lowest BCUT2D eigenvalue weighted by molar-refractivity contribution is 0.0971. The molecule has 2 rings (SSSR count). The molecule has 0 bridgehead atoms. The molecule has 0 saturated carbocycles. The van der Waals surface area contributed by atoms with Crippen molar-refractivity contribution in [2.24, 2.45) is 0 Å². The monoisotopic (exact) mass is 318 g/mol. The van der Waals surface area contributed by atoms with Gasteiger partial charge in [0.25, 0.3) is 0 Å². The lowest BCUT2D eigenvalue weighted by Gasteiger charge is -2.11. The van der Waals surface area contributed by atoms with E-state index in [4.69, 9.17) is 21.4 Å². The summed E-state index contributed by atoms with van der Waals surface area (Å²) in [5.74, 6) is 0.0362. The maximum absolute atomic E-state index is 12.1. The molecule has 0 aromatic heterocycles. The molecule has 0 radical (unpaired) electrons. The molecule has 0 fully saturated rings. The summed E-state index contributed by atoms with van der Waals surface area (Å²) in [6, 6.07) is 13.2. The third-order valence-corrected chi connectivity index (χ3v) is 3.70. The van der Waals surface area contributed by atoms with Crippen LogP contribution in [0.3, 0.4) is 0 Å². The van der Waals surface area contributed by atoms with Crippen LogP contribution in [0.2, 0.25) is 5.02 Å². The van der Waals surface area contributed by atoms with Crippen LogP contribution in [-0.2, 0) is 11.3 Å². The Balaban J connectivity index is 2.34. The van der Waals surface area contributed by atoms with E-state index in [9.17, 15) is 4.79 Å². The second-order valence-electron chi connectivity index (χ2n) is 5.06. The summed E-state index contributed by atoms with van der Waals surface area (Å²) in [5.41, 5.74) is 3.67. The Kier molecular flexibility index (Phi) is 6.13. The lowest BCUT2D eigenvalue weighted by atomic mass is 9.95. The number of ketones is 1. The smallest absolute Gasteiger partial charge is 0.162 e. The van der Waals surface area contributed by atoms with E-state index >= 15 is 0 Å². The molecule has 3 nitrogen and oxygen atoms in total. The second kappa shape index (κ2) is 8.08. The van der Waals surface area contributed by atoms with Crippen LogP contribution >= 0.6 is 11.6 Å². The molecule has 0 unspecified atom stereocenters. The molecule has 0 saturated heterocycles. The van der Waals surface area contributed by atoms with Crippen molar-refractivity contribution >= 4 is 17.4 Å². The van der Waals surface area contributed by atoms with Crippen LogP contribution in [0.25, 0.3) is 11.1 Å². The van der Waals surface area contributed by atoms with E-state index in [1.807, 2.05) is 42.5 Å². The SMILES string of the molecule is COCc1cc(C(=O)CCCO)ccc1-c1ccc(Cl)cc1. The highest BCUT2D eigenvalue weighted by Gasteiger charge is 2.11. The van der Waals surface area contributed by atoms with E-state index < -0.39 is 0 Å². The quantitative estimate of drug-likeness (QED) is 0.781. The Labute approximate surface area is 135 Å². The van der Waals surface area contributed by atoms with Gasteiger partial charge in [-0.2, -0.15) is 0 Å². The van der Waals surface area contributed by atoms with E-state index in [2.05, 4.69) is 0 Å². The van der Waals surface area contributed by atoms with Crippen molar-refractivity contribution in [2.45, 2.75) is 19.4 Å². The number of aliphatic hydroxyl groups excluding tert-OH is 1. The normalized spacial score (nSPS) is 10.7. The van der Waals surface area contributed by atoms with Gasteiger partial charge in [0.1, 0.15) is 0 Å². The van der Waals surface area contributed by atoms with Gasteiger partial charge in [0.2, 0.25) is 0 Å². The third-order valence-electron chi connectivity index (χ3n) is 3.44. The Morgan fingerprint density at radius 3 is 2.55 bits per heavy atom. The molecule has 0 spiro atoms. The van der Waals surface area contributed by atoms with Gasteiger partial charge in [-0.05, 0) is 41.3 Å². The number of hydrogen-bond acceptors (Lipinski definition) is 3. The number of benzene rings is 2. The van der Waals surface area contributed by atoms with Crippen LogP contribution in [0.4, 0.5) is 0 Å². The summed E-state index contributed by atoms with van der Waals surface area (Å²) in [6.45, 7) is 0.457. The zero-order chi connectivity index (χ0) is 15.9. The van der Waals surface area contributed by atoms with Crippen LogP contribution < -0.4 is 0 Å². The first-order valence-corrected chi connectivity index (χ1v) is 7.55. The molecular formula is C18H19ClO3. The van der Waals surface area contributed by atoms with Gasteiger partial charge < -0.3 is 9.84 Å². The minimum atomic E-state index is 0.0273. The molecule has 1 N–H and O–H groups in total. The molecule has 0 aliphatic rings. The van der Waals surface area contributed by atoms with E-state index in [-0.39, 0.29) is 12.4 Å². The first-order valence-electron chi connectivity index (χ1n) is 7.17. The molecule has 22 heavy (non-hydrogen) atoms. The van der Waals surface area contributed by atoms with Crippen molar-refractivity contribution in [1.29, 1.82) is 0 Å². The summed E-state index contributed by atoms with van der Waals surface area (Å²) in [4.78, 5) is 12.1. The molecule has 0 atom stereocenters. The van der Waals surface area contributed by atoms with Crippen LogP contribution in [0.5, 0.6) is 0 Å². The van der Waals surface area contributed by atoms with Gasteiger partial charge in [0.15, 0.2) is 5.78 Å². The molecule has 2 aromatic rings. The largest absolute Gasteiger partial charge is 0.396 e. The van der Waals surface area contributed by atoms with E-state index in [0.717, 1.165) is 16.7 Å². The number of carbonyl (C=O) groups excluding carboxylic acids is 1. The molecule has 4 heteroatoms. The maximum atomic E-state index is 12.1. The summed E-state index contributed by atoms with van der Waals surface area (Å²) in [6.07, 6.45) is 0.834. The zero-order valence-electron chi connectivity index (χ0n) is 12.5. The van der Waals surface area contributed by atoms with Gasteiger partial charge in [0.05, 0.1) is 6.61 Å². The number of methoxy groups -OCH3 is 1. The molecule has 0 amide bonds. The number of rotatable bonds is 7. The Bertz CT molecular complexity index is 635. The fraction of sp³-hybridized carbons (Fsp3) is 0.278. The van der Waals surface area contributed by atoms with Gasteiger partial charge in [-0.25, -0.2) is 0 Å². The predicted molar refractivity (Wildman–Crippen MR) is 88.3 cm³/mol. The lowest BCUT2D eigenvalue weighted by Crippen LogP contribution is -2.03. The highest BCUT2D eigenvalue weighted by molar-refractivity contribution is 6.30. The minimum Gasteiger partial charge on any atom is -0.396 e. The first kappa shape index (κ1) is 16.7. The highest BCUT2D eigenvalue weighted by Crippen LogP contribution is 2.27. The standard InChI is InChI=1S/C18H19ClO3/c1-22-12-15-11-14(18(21)3-2-10-20)6-9-17(15)13-4-7-16(19)8-5-13/h4-9,11,20H,2-3,10,12H2,1H3. The molecule has 116 valence electrons. The zero-order valence-corrected chi connectivity index (χ0v) is 13.3. The van der Waals surface area contributed by atoms with Gasteiger partial charge >= 0.3 is 0 Å². The van der Waals surface area contributed by atoms with Crippen molar-refractivity contribution in [2.75, 3.05) is 13.7 Å². The van der Waals surface area contributed by atoms with E-state index in [1.165, 1.54) is 0 Å². The number of carbonyl (C=O) groups is 1. The van der Waals surface area contributed by atoms with Crippen molar-refractivity contribution in [3.63, 3.8) is 0 Å². The first-order chi connectivity index (χ1) is 10.7. The number of aliphatic hydroxyl groups is 1. The number of hydrogen-bond donors (Lipinski definition) is 1. The van der Waals surface area contributed by atoms with Crippen LogP contribution in [-0.4, -0.2) is 24.6 Å². The molecule has 0 aliphatic carbocycles. The highest BCUT2D eigenvalue weighted by atomic mass is 35.5. The van der Waals surface area contributed by atoms with Crippen LogP contribution in [0.1, 0.15) is 28.8 Å². The summed E-state index contributed by atoms with van der Waals surface area (Å²) < 4.78 is 5.25. The van der Waals surface area contributed by atoms with E-state index in [1.54, 1.807) is 7.11 Å². The second-order valence-corrected chi connectivity index (χ2v) is 5.50. The number of Topliss-reactive ketones (excluding diaryl/α,β-unsaturated/α-hetero) is 1. The van der Waals surface area contributed by atoms with Gasteiger partial charge in [-0.1, -0.05) is 35.9 Å². The van der Waals surface area contributed by atoms with Crippen molar-refractivity contribution in [3.8, 4) is 11.1 Å². The van der Waals surface area contributed by atoms with Gasteiger partial charge in [-0.15, -0.1) is 0 Å². The molecule has 0 heterocycles. The van der Waals surface area contributed by atoms with Gasteiger partial charge in [-0.3, -0.25) is 4.79 Å². The van der Waals surface area contributed by atoms with Crippen molar-refractivity contribution in [3.05, 3.63) is 58.6 Å². The maximum Gasteiger partial charge on any atom is 0.162 e. The average molecular weight is 319 g/mol. The fourth-order valence-electron chi connectivity index (χ4n) is 2.34. The molecule has 0 aliphatic heterocycles. The Hall–Kier alpha value is -1.68. The topological polar surface area (TPSA) is 46.5 Å². The average Bonchev–Trinajstić information content (AvgIpc) is 2.54.